The van der Waals surface area contributed by atoms with Gasteiger partial charge in [-0.25, -0.2) is 0 Å². The van der Waals surface area contributed by atoms with Crippen molar-refractivity contribution >= 4 is 23.4 Å². The predicted molar refractivity (Wildman–Crippen MR) is 114 cm³/mol. The highest BCUT2D eigenvalue weighted by molar-refractivity contribution is 6.30. The molecule has 156 valence electrons. The molecule has 0 fully saturated rings. The summed E-state index contributed by atoms with van der Waals surface area (Å²) in [4.78, 5) is 25.3. The number of halogens is 1. The normalized spacial score (nSPS) is 11.7. The van der Waals surface area contributed by atoms with Crippen LogP contribution in [-0.2, 0) is 11.3 Å². The molecule has 1 unspecified atom stereocenters. The Morgan fingerprint density at radius 1 is 1.00 bits per heavy atom. The van der Waals surface area contributed by atoms with E-state index in [2.05, 4.69) is 10.6 Å². The molecule has 2 aromatic carbocycles. The maximum Gasteiger partial charge on any atom is 0.251 e. The van der Waals surface area contributed by atoms with Crippen molar-refractivity contribution in [3.63, 3.8) is 0 Å². The molecule has 2 amide bonds. The quantitative estimate of drug-likeness (QED) is 0.649. The standard InChI is InChI=1S/C22H27ClN2O4/c1-14(2)11-18(25-21(26)16-6-8-17(23)9-7-16)22(27)24-13-15-5-10-19(28-3)20(12-15)29-4/h5-10,12,14,18H,11,13H2,1-4H3,(H,24,27)(H,25,26). The molecule has 6 nitrogen and oxygen atoms in total. The first-order valence-electron chi connectivity index (χ1n) is 9.39. The van der Waals surface area contributed by atoms with Gasteiger partial charge in [0.1, 0.15) is 6.04 Å². The summed E-state index contributed by atoms with van der Waals surface area (Å²) in [7, 11) is 3.13. The fraction of sp³-hybridized carbons (Fsp3) is 0.364. The molecular formula is C22H27ClN2O4. The van der Waals surface area contributed by atoms with E-state index in [1.54, 1.807) is 44.6 Å². The van der Waals surface area contributed by atoms with Gasteiger partial charge in [-0.15, -0.1) is 0 Å². The molecule has 2 N–H and O–H groups in total. The first-order valence-corrected chi connectivity index (χ1v) is 9.76. The van der Waals surface area contributed by atoms with Crippen molar-refractivity contribution in [2.75, 3.05) is 14.2 Å². The van der Waals surface area contributed by atoms with Crippen LogP contribution in [0.3, 0.4) is 0 Å². The van der Waals surface area contributed by atoms with Gasteiger partial charge in [0.05, 0.1) is 14.2 Å². The second-order valence-corrected chi connectivity index (χ2v) is 7.51. The second kappa shape index (κ2) is 10.7. The van der Waals surface area contributed by atoms with Gasteiger partial charge < -0.3 is 20.1 Å². The molecule has 1 atom stereocenters. The molecule has 0 radical (unpaired) electrons. The number of rotatable bonds is 9. The summed E-state index contributed by atoms with van der Waals surface area (Å²) < 4.78 is 10.5. The number of amides is 2. The summed E-state index contributed by atoms with van der Waals surface area (Å²) in [6, 6.07) is 11.4. The lowest BCUT2D eigenvalue weighted by atomic mass is 10.0. The molecule has 0 aliphatic rings. The van der Waals surface area contributed by atoms with Crippen molar-refractivity contribution in [1.29, 1.82) is 0 Å². The van der Waals surface area contributed by atoms with Gasteiger partial charge in [-0.05, 0) is 54.3 Å². The van der Waals surface area contributed by atoms with E-state index in [0.717, 1.165) is 5.56 Å². The predicted octanol–water partition coefficient (Wildman–Crippen LogP) is 3.82. The molecule has 29 heavy (non-hydrogen) atoms. The van der Waals surface area contributed by atoms with Crippen LogP contribution >= 0.6 is 11.6 Å². The van der Waals surface area contributed by atoms with Crippen molar-refractivity contribution in [1.82, 2.24) is 10.6 Å². The van der Waals surface area contributed by atoms with Crippen molar-refractivity contribution in [3.8, 4) is 11.5 Å². The van der Waals surface area contributed by atoms with Gasteiger partial charge in [0, 0.05) is 17.1 Å². The highest BCUT2D eigenvalue weighted by Crippen LogP contribution is 2.27. The van der Waals surface area contributed by atoms with E-state index >= 15 is 0 Å². The zero-order valence-electron chi connectivity index (χ0n) is 17.1. The second-order valence-electron chi connectivity index (χ2n) is 7.07. The lowest BCUT2D eigenvalue weighted by molar-refractivity contribution is -0.123. The van der Waals surface area contributed by atoms with Crippen LogP contribution in [0.15, 0.2) is 42.5 Å². The number of benzene rings is 2. The van der Waals surface area contributed by atoms with Crippen LogP contribution in [0.2, 0.25) is 5.02 Å². The third kappa shape index (κ3) is 6.68. The molecular weight excluding hydrogens is 392 g/mol. The maximum atomic E-state index is 12.7. The molecule has 0 spiro atoms. The van der Waals surface area contributed by atoms with E-state index < -0.39 is 6.04 Å². The van der Waals surface area contributed by atoms with E-state index in [9.17, 15) is 9.59 Å². The minimum Gasteiger partial charge on any atom is -0.493 e. The highest BCUT2D eigenvalue weighted by atomic mass is 35.5. The number of carbonyl (C=O) groups excluding carboxylic acids is 2. The van der Waals surface area contributed by atoms with E-state index in [-0.39, 0.29) is 17.7 Å². The summed E-state index contributed by atoms with van der Waals surface area (Å²) >= 11 is 5.87. The summed E-state index contributed by atoms with van der Waals surface area (Å²) in [5.41, 5.74) is 1.32. The van der Waals surface area contributed by atoms with Gasteiger partial charge >= 0.3 is 0 Å². The number of carbonyl (C=O) groups is 2. The molecule has 0 saturated heterocycles. The molecule has 2 aromatic rings. The topological polar surface area (TPSA) is 76.7 Å². The largest absolute Gasteiger partial charge is 0.493 e. The zero-order chi connectivity index (χ0) is 21.4. The monoisotopic (exact) mass is 418 g/mol. The first kappa shape index (κ1) is 22.6. The maximum absolute atomic E-state index is 12.7. The van der Waals surface area contributed by atoms with Crippen LogP contribution in [0.25, 0.3) is 0 Å². The Morgan fingerprint density at radius 2 is 1.66 bits per heavy atom. The number of hydrogen-bond donors (Lipinski definition) is 2. The van der Waals surface area contributed by atoms with Crippen LogP contribution in [0, 0.1) is 5.92 Å². The first-order chi connectivity index (χ1) is 13.8. The lowest BCUT2D eigenvalue weighted by Gasteiger charge is -2.20. The molecule has 0 bridgehead atoms. The van der Waals surface area contributed by atoms with Gasteiger partial charge in [-0.1, -0.05) is 31.5 Å². The Bertz CT molecular complexity index is 837. The van der Waals surface area contributed by atoms with Crippen molar-refractivity contribution < 1.29 is 19.1 Å². The van der Waals surface area contributed by atoms with Gasteiger partial charge in [-0.2, -0.15) is 0 Å². The van der Waals surface area contributed by atoms with Gasteiger partial charge in [0.2, 0.25) is 5.91 Å². The molecule has 0 saturated carbocycles. The van der Waals surface area contributed by atoms with E-state index in [4.69, 9.17) is 21.1 Å². The number of nitrogens with one attached hydrogen (secondary N) is 2. The van der Waals surface area contributed by atoms with E-state index in [1.807, 2.05) is 26.0 Å². The van der Waals surface area contributed by atoms with Crippen LogP contribution in [0.4, 0.5) is 0 Å². The third-order valence-corrected chi connectivity index (χ3v) is 4.60. The average molecular weight is 419 g/mol. The van der Waals surface area contributed by atoms with Crippen molar-refractivity contribution in [2.24, 2.45) is 5.92 Å². The highest BCUT2D eigenvalue weighted by Gasteiger charge is 2.22. The fourth-order valence-electron chi connectivity index (χ4n) is 2.85. The zero-order valence-corrected chi connectivity index (χ0v) is 17.9. The SMILES string of the molecule is COc1ccc(CNC(=O)C(CC(C)C)NC(=O)c2ccc(Cl)cc2)cc1OC. The van der Waals surface area contributed by atoms with Crippen molar-refractivity contribution in [2.45, 2.75) is 32.9 Å². The Kier molecular flexibility index (Phi) is 8.34. The Balaban J connectivity index is 2.04. The van der Waals surface area contributed by atoms with E-state index in [1.165, 1.54) is 0 Å². The van der Waals surface area contributed by atoms with Crippen LogP contribution in [-0.4, -0.2) is 32.1 Å². The van der Waals surface area contributed by atoms with Crippen molar-refractivity contribution in [3.05, 3.63) is 58.6 Å². The smallest absolute Gasteiger partial charge is 0.251 e. The Labute approximate surface area is 176 Å². The minimum atomic E-state index is -0.640. The Hall–Kier alpha value is -2.73. The van der Waals surface area contributed by atoms with Crippen LogP contribution in [0.1, 0.15) is 36.2 Å². The third-order valence-electron chi connectivity index (χ3n) is 4.35. The molecule has 0 aromatic heterocycles. The number of hydrogen-bond acceptors (Lipinski definition) is 4. The summed E-state index contributed by atoms with van der Waals surface area (Å²) in [5, 5.41) is 6.26. The van der Waals surface area contributed by atoms with Gasteiger partial charge in [-0.3, -0.25) is 9.59 Å². The van der Waals surface area contributed by atoms with Crippen LogP contribution in [0.5, 0.6) is 11.5 Å². The Morgan fingerprint density at radius 3 is 2.24 bits per heavy atom. The molecule has 7 heteroatoms. The average Bonchev–Trinajstić information content (AvgIpc) is 2.71. The molecule has 2 rings (SSSR count). The molecule has 0 aliphatic heterocycles. The molecule has 0 aliphatic carbocycles. The van der Waals surface area contributed by atoms with E-state index in [0.29, 0.717) is 35.1 Å². The number of ether oxygens (including phenoxy) is 2. The van der Waals surface area contributed by atoms with Gasteiger partial charge in [0.25, 0.3) is 5.91 Å². The number of methoxy groups -OCH3 is 2. The summed E-state index contributed by atoms with van der Waals surface area (Å²) in [6.07, 6.45) is 0.525. The summed E-state index contributed by atoms with van der Waals surface area (Å²) in [6.45, 7) is 4.32. The fourth-order valence-corrected chi connectivity index (χ4v) is 2.97. The summed E-state index contributed by atoms with van der Waals surface area (Å²) in [5.74, 6) is 0.895. The minimum absolute atomic E-state index is 0.234. The molecule has 0 heterocycles. The van der Waals surface area contributed by atoms with Gasteiger partial charge in [0.15, 0.2) is 11.5 Å². The lowest BCUT2D eigenvalue weighted by Crippen LogP contribution is -2.47. The van der Waals surface area contributed by atoms with Crippen LogP contribution < -0.4 is 20.1 Å².